The first kappa shape index (κ1) is 16.7. The predicted molar refractivity (Wildman–Crippen MR) is 90.5 cm³/mol. The van der Waals surface area contributed by atoms with E-state index in [1.807, 2.05) is 6.92 Å². The minimum absolute atomic E-state index is 0.0524. The number of nitrogens with zero attached hydrogens (tertiary/aromatic N) is 3. The van der Waals surface area contributed by atoms with Crippen LogP contribution in [-0.2, 0) is 0 Å². The molecule has 22 heavy (non-hydrogen) atoms. The van der Waals surface area contributed by atoms with Gasteiger partial charge < -0.3 is 15.5 Å². The molecule has 0 spiro atoms. The van der Waals surface area contributed by atoms with Gasteiger partial charge in [-0.15, -0.1) is 11.3 Å². The summed E-state index contributed by atoms with van der Waals surface area (Å²) < 4.78 is 0. The van der Waals surface area contributed by atoms with E-state index in [0.29, 0.717) is 23.9 Å². The highest BCUT2D eigenvalue weighted by atomic mass is 32.1. The molecule has 1 aromatic heterocycles. The monoisotopic (exact) mass is 323 g/mol. The number of nitrogens with one attached hydrogen (secondary N) is 2. The van der Waals surface area contributed by atoms with E-state index < -0.39 is 0 Å². The topological polar surface area (TPSA) is 69.6 Å². The van der Waals surface area contributed by atoms with Gasteiger partial charge in [-0.2, -0.15) is 0 Å². The number of piperidine rings is 1. The van der Waals surface area contributed by atoms with Crippen LogP contribution in [0.1, 0.15) is 35.1 Å². The number of carbonyl (C=O) groups is 1. The van der Waals surface area contributed by atoms with E-state index in [0.717, 1.165) is 24.7 Å². The second kappa shape index (κ2) is 8.12. The first-order valence-corrected chi connectivity index (χ1v) is 8.63. The third-order valence-electron chi connectivity index (χ3n) is 3.81. The maximum atomic E-state index is 12.0. The normalized spacial score (nSPS) is 19.1. The zero-order chi connectivity index (χ0) is 15.9. The largest absolute Gasteiger partial charge is 0.354 e. The van der Waals surface area contributed by atoms with Crippen molar-refractivity contribution in [3.63, 3.8) is 0 Å². The second-order valence-corrected chi connectivity index (χ2v) is 6.54. The first-order valence-electron chi connectivity index (χ1n) is 7.75. The maximum absolute atomic E-state index is 12.0. The average molecular weight is 323 g/mol. The van der Waals surface area contributed by atoms with Gasteiger partial charge in [0.15, 0.2) is 5.96 Å². The Morgan fingerprint density at radius 3 is 2.91 bits per heavy atom. The summed E-state index contributed by atoms with van der Waals surface area (Å²) in [7, 11) is 1.81. The van der Waals surface area contributed by atoms with Gasteiger partial charge in [0.2, 0.25) is 0 Å². The molecule has 0 saturated carbocycles. The number of carbonyl (C=O) groups excluding carboxylic acids is 1. The van der Waals surface area contributed by atoms with Crippen LogP contribution in [0.15, 0.2) is 10.5 Å². The van der Waals surface area contributed by atoms with Gasteiger partial charge in [-0.05, 0) is 25.7 Å². The average Bonchev–Trinajstić information content (AvgIpc) is 2.93. The first-order chi connectivity index (χ1) is 10.6. The van der Waals surface area contributed by atoms with Crippen LogP contribution in [0.5, 0.6) is 0 Å². The SMILES string of the molecule is CN=C(NCCNC(=O)c1scnc1C)N1CCCC(C)C1. The lowest BCUT2D eigenvalue weighted by Crippen LogP contribution is -2.47. The lowest BCUT2D eigenvalue weighted by Gasteiger charge is -2.33. The van der Waals surface area contributed by atoms with Crippen molar-refractivity contribution in [2.75, 3.05) is 33.2 Å². The number of rotatable bonds is 4. The summed E-state index contributed by atoms with van der Waals surface area (Å²) in [6.45, 7) is 7.46. The number of hydrogen-bond acceptors (Lipinski definition) is 4. The number of aliphatic imine (C=N–C) groups is 1. The van der Waals surface area contributed by atoms with Gasteiger partial charge in [0.25, 0.3) is 5.91 Å². The van der Waals surface area contributed by atoms with Crippen LogP contribution in [0.3, 0.4) is 0 Å². The van der Waals surface area contributed by atoms with Crippen LogP contribution in [0.2, 0.25) is 0 Å². The van der Waals surface area contributed by atoms with Gasteiger partial charge in [-0.25, -0.2) is 4.98 Å². The molecule has 1 saturated heterocycles. The van der Waals surface area contributed by atoms with Crippen molar-refractivity contribution in [2.24, 2.45) is 10.9 Å². The van der Waals surface area contributed by atoms with Crippen molar-refractivity contribution in [3.8, 4) is 0 Å². The van der Waals surface area contributed by atoms with E-state index in [9.17, 15) is 4.79 Å². The van der Waals surface area contributed by atoms with Crippen molar-refractivity contribution in [2.45, 2.75) is 26.7 Å². The molecule has 1 amide bonds. The van der Waals surface area contributed by atoms with Crippen molar-refractivity contribution >= 4 is 23.2 Å². The molecule has 1 atom stereocenters. The van der Waals surface area contributed by atoms with Gasteiger partial charge in [0.05, 0.1) is 11.2 Å². The van der Waals surface area contributed by atoms with Crippen LogP contribution < -0.4 is 10.6 Å². The quantitative estimate of drug-likeness (QED) is 0.500. The number of likely N-dealkylation sites (tertiary alicyclic amines) is 1. The molecule has 2 rings (SSSR count). The smallest absolute Gasteiger partial charge is 0.263 e. The number of thiazole rings is 1. The third kappa shape index (κ3) is 4.43. The number of guanidine groups is 1. The molecule has 122 valence electrons. The van der Waals surface area contributed by atoms with Crippen LogP contribution in [0.4, 0.5) is 0 Å². The molecule has 2 N–H and O–H groups in total. The summed E-state index contributed by atoms with van der Waals surface area (Å²) in [6, 6.07) is 0. The van der Waals surface area contributed by atoms with Gasteiger partial charge in [-0.3, -0.25) is 9.79 Å². The van der Waals surface area contributed by atoms with Gasteiger partial charge in [-0.1, -0.05) is 6.92 Å². The Labute approximate surface area is 136 Å². The Hall–Kier alpha value is -1.63. The summed E-state index contributed by atoms with van der Waals surface area (Å²) in [5.41, 5.74) is 2.48. The molecular formula is C15H25N5OS. The van der Waals surface area contributed by atoms with Crippen molar-refractivity contribution in [3.05, 3.63) is 16.1 Å². The number of hydrogen-bond donors (Lipinski definition) is 2. The second-order valence-electron chi connectivity index (χ2n) is 5.69. The van der Waals surface area contributed by atoms with E-state index >= 15 is 0 Å². The standard InChI is InChI=1S/C15H25N5OS/c1-11-5-4-8-20(9-11)15(16-3)18-7-6-17-14(21)13-12(2)19-10-22-13/h10-11H,4-9H2,1-3H3,(H,16,18)(H,17,21). The summed E-state index contributed by atoms with van der Waals surface area (Å²) in [4.78, 5) is 23.4. The van der Waals surface area contributed by atoms with Crippen LogP contribution in [-0.4, -0.2) is 55.0 Å². The van der Waals surface area contributed by atoms with Crippen molar-refractivity contribution < 1.29 is 4.79 Å². The van der Waals surface area contributed by atoms with E-state index in [1.165, 1.54) is 24.2 Å². The van der Waals surface area contributed by atoms with Crippen molar-refractivity contribution in [1.82, 2.24) is 20.5 Å². The molecule has 1 unspecified atom stereocenters. The van der Waals surface area contributed by atoms with E-state index in [2.05, 4.69) is 32.4 Å². The number of aromatic nitrogens is 1. The van der Waals surface area contributed by atoms with Gasteiger partial charge in [0.1, 0.15) is 4.88 Å². The maximum Gasteiger partial charge on any atom is 0.263 e. The molecule has 0 aromatic carbocycles. The minimum atomic E-state index is -0.0524. The van der Waals surface area contributed by atoms with E-state index in [1.54, 1.807) is 12.6 Å². The fourth-order valence-corrected chi connectivity index (χ4v) is 3.38. The predicted octanol–water partition coefficient (Wildman–Crippen LogP) is 1.49. The van der Waals surface area contributed by atoms with Crippen LogP contribution in [0, 0.1) is 12.8 Å². The lowest BCUT2D eigenvalue weighted by atomic mass is 10.0. The molecule has 1 aliphatic rings. The number of amides is 1. The fourth-order valence-electron chi connectivity index (χ4n) is 2.66. The molecule has 1 fully saturated rings. The van der Waals surface area contributed by atoms with Gasteiger partial charge >= 0.3 is 0 Å². The Morgan fingerprint density at radius 2 is 2.27 bits per heavy atom. The van der Waals surface area contributed by atoms with E-state index in [-0.39, 0.29) is 5.91 Å². The minimum Gasteiger partial charge on any atom is -0.354 e. The van der Waals surface area contributed by atoms with Gasteiger partial charge in [0, 0.05) is 33.2 Å². The highest BCUT2D eigenvalue weighted by Crippen LogP contribution is 2.15. The molecule has 1 aromatic rings. The molecule has 2 heterocycles. The Balaban J connectivity index is 1.73. The summed E-state index contributed by atoms with van der Waals surface area (Å²) in [6.07, 6.45) is 2.50. The van der Waals surface area contributed by atoms with Crippen LogP contribution in [0.25, 0.3) is 0 Å². The zero-order valence-electron chi connectivity index (χ0n) is 13.6. The Kier molecular flexibility index (Phi) is 6.18. The number of aryl methyl sites for hydroxylation is 1. The van der Waals surface area contributed by atoms with Crippen LogP contribution >= 0.6 is 11.3 Å². The highest BCUT2D eigenvalue weighted by molar-refractivity contribution is 7.11. The van der Waals surface area contributed by atoms with E-state index in [4.69, 9.17) is 0 Å². The molecule has 0 bridgehead atoms. The molecule has 1 aliphatic heterocycles. The molecule has 6 nitrogen and oxygen atoms in total. The third-order valence-corrected chi connectivity index (χ3v) is 4.74. The Morgan fingerprint density at radius 1 is 1.50 bits per heavy atom. The molecule has 0 radical (unpaired) electrons. The summed E-state index contributed by atoms with van der Waals surface area (Å²) in [5.74, 6) is 1.58. The lowest BCUT2D eigenvalue weighted by molar-refractivity contribution is 0.0957. The Bertz CT molecular complexity index is 528. The summed E-state index contributed by atoms with van der Waals surface area (Å²) in [5, 5.41) is 6.24. The zero-order valence-corrected chi connectivity index (χ0v) is 14.4. The van der Waals surface area contributed by atoms with Crippen molar-refractivity contribution in [1.29, 1.82) is 0 Å². The summed E-state index contributed by atoms with van der Waals surface area (Å²) >= 11 is 1.37. The molecule has 7 heteroatoms. The molecular weight excluding hydrogens is 298 g/mol. The highest BCUT2D eigenvalue weighted by Gasteiger charge is 2.19. The molecule has 0 aliphatic carbocycles. The fraction of sp³-hybridized carbons (Fsp3) is 0.667.